The lowest BCUT2D eigenvalue weighted by Crippen LogP contribution is -2.18. The van der Waals surface area contributed by atoms with Crippen LogP contribution in [0.15, 0.2) is 30.3 Å². The molecule has 0 bridgehead atoms. The minimum absolute atomic E-state index is 0.669. The highest BCUT2D eigenvalue weighted by atomic mass is 15.3. The van der Waals surface area contributed by atoms with Crippen LogP contribution < -0.4 is 16.2 Å². The Bertz CT molecular complexity index is 611. The van der Waals surface area contributed by atoms with E-state index in [4.69, 9.17) is 5.84 Å². The van der Waals surface area contributed by atoms with Gasteiger partial charge in [-0.2, -0.15) is 0 Å². The monoisotopic (exact) mass is 269 g/mol. The Labute approximate surface area is 118 Å². The Hall–Kier alpha value is -2.14. The maximum atomic E-state index is 5.52. The minimum atomic E-state index is 0.669. The summed E-state index contributed by atoms with van der Waals surface area (Å²) in [5.74, 6) is 7.94. The van der Waals surface area contributed by atoms with Crippen molar-refractivity contribution in [2.75, 3.05) is 16.9 Å². The van der Waals surface area contributed by atoms with Gasteiger partial charge in [-0.15, -0.1) is 0 Å². The molecule has 0 saturated carbocycles. The standard InChI is InChI=1S/C15H19N5/c1-2-5-13-17-14(19-16)10-15(18-13)20-9-8-11-6-3-4-7-12(11)20/h3-4,6-7,10H,2,5,8-9,16H2,1H3,(H,17,18,19). The van der Waals surface area contributed by atoms with Gasteiger partial charge in [0.15, 0.2) is 0 Å². The van der Waals surface area contributed by atoms with Crippen molar-refractivity contribution in [2.45, 2.75) is 26.2 Å². The maximum absolute atomic E-state index is 5.52. The zero-order valence-electron chi connectivity index (χ0n) is 11.6. The molecule has 2 aromatic rings. The van der Waals surface area contributed by atoms with E-state index in [1.165, 1.54) is 11.3 Å². The Kier molecular flexibility index (Phi) is 3.52. The molecule has 20 heavy (non-hydrogen) atoms. The first-order valence-electron chi connectivity index (χ1n) is 7.02. The van der Waals surface area contributed by atoms with Crippen molar-refractivity contribution in [3.8, 4) is 0 Å². The van der Waals surface area contributed by atoms with Gasteiger partial charge in [-0.1, -0.05) is 25.1 Å². The number of nitrogens with one attached hydrogen (secondary N) is 1. The third kappa shape index (κ3) is 2.32. The molecule has 2 heterocycles. The quantitative estimate of drug-likeness (QED) is 0.659. The van der Waals surface area contributed by atoms with E-state index >= 15 is 0 Å². The fourth-order valence-corrected chi connectivity index (χ4v) is 2.61. The number of aryl methyl sites for hydroxylation is 1. The lowest BCUT2D eigenvalue weighted by Gasteiger charge is -2.19. The number of hydrogen-bond donors (Lipinski definition) is 2. The molecule has 0 saturated heterocycles. The zero-order chi connectivity index (χ0) is 13.9. The smallest absolute Gasteiger partial charge is 0.145 e. The molecule has 1 aliphatic rings. The van der Waals surface area contributed by atoms with Gasteiger partial charge in [0.2, 0.25) is 0 Å². The first kappa shape index (κ1) is 12.9. The Morgan fingerprint density at radius 3 is 2.95 bits per heavy atom. The average Bonchev–Trinajstić information content (AvgIpc) is 2.91. The van der Waals surface area contributed by atoms with E-state index in [-0.39, 0.29) is 0 Å². The van der Waals surface area contributed by atoms with Crippen molar-refractivity contribution in [3.05, 3.63) is 41.7 Å². The van der Waals surface area contributed by atoms with E-state index in [0.717, 1.165) is 37.4 Å². The van der Waals surface area contributed by atoms with Gasteiger partial charge in [0, 0.05) is 24.7 Å². The van der Waals surface area contributed by atoms with Gasteiger partial charge < -0.3 is 10.3 Å². The number of fused-ring (bicyclic) bond motifs is 1. The molecule has 1 aromatic carbocycles. The van der Waals surface area contributed by atoms with Crippen LogP contribution in [-0.4, -0.2) is 16.5 Å². The summed E-state index contributed by atoms with van der Waals surface area (Å²) in [6.45, 7) is 3.07. The minimum Gasteiger partial charge on any atom is -0.326 e. The Morgan fingerprint density at radius 2 is 2.15 bits per heavy atom. The SMILES string of the molecule is CCCc1nc(NN)cc(N2CCc3ccccc32)n1. The molecule has 0 fully saturated rings. The molecule has 0 atom stereocenters. The van der Waals surface area contributed by atoms with Crippen LogP contribution in [0.1, 0.15) is 24.7 Å². The molecule has 0 aliphatic carbocycles. The molecule has 5 heteroatoms. The summed E-state index contributed by atoms with van der Waals surface area (Å²) in [5, 5.41) is 0. The van der Waals surface area contributed by atoms with Crippen LogP contribution in [0, 0.1) is 0 Å². The number of para-hydroxylation sites is 1. The molecule has 0 radical (unpaired) electrons. The fraction of sp³-hybridized carbons (Fsp3) is 0.333. The Morgan fingerprint density at radius 1 is 1.30 bits per heavy atom. The van der Waals surface area contributed by atoms with Crippen molar-refractivity contribution < 1.29 is 0 Å². The number of rotatable bonds is 4. The summed E-state index contributed by atoms with van der Waals surface area (Å²) in [6, 6.07) is 10.4. The maximum Gasteiger partial charge on any atom is 0.145 e. The third-order valence-electron chi connectivity index (χ3n) is 3.54. The molecule has 0 spiro atoms. The molecule has 0 unspecified atom stereocenters. The summed E-state index contributed by atoms with van der Waals surface area (Å²) >= 11 is 0. The van der Waals surface area contributed by atoms with Gasteiger partial charge in [0.1, 0.15) is 17.5 Å². The lowest BCUT2D eigenvalue weighted by atomic mass is 10.2. The number of aromatic nitrogens is 2. The van der Waals surface area contributed by atoms with E-state index in [9.17, 15) is 0 Å². The van der Waals surface area contributed by atoms with Crippen LogP contribution in [0.3, 0.4) is 0 Å². The first-order valence-corrected chi connectivity index (χ1v) is 7.02. The fourth-order valence-electron chi connectivity index (χ4n) is 2.61. The van der Waals surface area contributed by atoms with Crippen LogP contribution in [0.2, 0.25) is 0 Å². The second-order valence-electron chi connectivity index (χ2n) is 4.95. The van der Waals surface area contributed by atoms with E-state index in [2.05, 4.69) is 51.5 Å². The van der Waals surface area contributed by atoms with Crippen molar-refractivity contribution in [1.29, 1.82) is 0 Å². The number of hydrogen-bond acceptors (Lipinski definition) is 5. The zero-order valence-corrected chi connectivity index (χ0v) is 11.6. The molecule has 3 rings (SSSR count). The highest BCUT2D eigenvalue weighted by Gasteiger charge is 2.21. The summed E-state index contributed by atoms with van der Waals surface area (Å²) < 4.78 is 0. The van der Waals surface area contributed by atoms with Crippen LogP contribution >= 0.6 is 0 Å². The molecule has 0 amide bonds. The highest BCUT2D eigenvalue weighted by Crippen LogP contribution is 2.33. The summed E-state index contributed by atoms with van der Waals surface area (Å²) in [5.41, 5.74) is 5.23. The first-order chi connectivity index (χ1) is 9.81. The van der Waals surface area contributed by atoms with Crippen molar-refractivity contribution in [3.63, 3.8) is 0 Å². The number of benzene rings is 1. The van der Waals surface area contributed by atoms with Gasteiger partial charge in [-0.05, 0) is 24.5 Å². The molecule has 3 N–H and O–H groups in total. The molecule has 1 aliphatic heterocycles. The van der Waals surface area contributed by atoms with Crippen molar-refractivity contribution in [1.82, 2.24) is 9.97 Å². The third-order valence-corrected chi connectivity index (χ3v) is 3.54. The predicted octanol–water partition coefficient (Wildman–Crippen LogP) is 2.41. The van der Waals surface area contributed by atoms with Gasteiger partial charge >= 0.3 is 0 Å². The highest BCUT2D eigenvalue weighted by molar-refractivity contribution is 5.68. The van der Waals surface area contributed by atoms with E-state index in [0.29, 0.717) is 5.82 Å². The number of nitrogens with two attached hydrogens (primary N) is 1. The predicted molar refractivity (Wildman–Crippen MR) is 81.0 cm³/mol. The van der Waals surface area contributed by atoms with Gasteiger partial charge in [0.25, 0.3) is 0 Å². The lowest BCUT2D eigenvalue weighted by molar-refractivity contribution is 0.826. The van der Waals surface area contributed by atoms with Gasteiger partial charge in [-0.3, -0.25) is 0 Å². The normalized spacial score (nSPS) is 13.4. The largest absolute Gasteiger partial charge is 0.326 e. The van der Waals surface area contributed by atoms with Crippen molar-refractivity contribution >= 4 is 17.3 Å². The van der Waals surface area contributed by atoms with E-state index in [1.54, 1.807) is 0 Å². The number of nitrogen functional groups attached to an aromatic ring is 1. The molecule has 5 nitrogen and oxygen atoms in total. The Balaban J connectivity index is 2.00. The van der Waals surface area contributed by atoms with Gasteiger partial charge in [0.05, 0.1) is 0 Å². The number of nitrogens with zero attached hydrogens (tertiary/aromatic N) is 3. The topological polar surface area (TPSA) is 67.1 Å². The van der Waals surface area contributed by atoms with Crippen molar-refractivity contribution in [2.24, 2.45) is 5.84 Å². The summed E-state index contributed by atoms with van der Waals surface area (Å²) in [7, 11) is 0. The van der Waals surface area contributed by atoms with Crippen LogP contribution in [0.25, 0.3) is 0 Å². The molecule has 1 aromatic heterocycles. The van der Waals surface area contributed by atoms with Crippen LogP contribution in [0.4, 0.5) is 17.3 Å². The second kappa shape index (κ2) is 5.46. The van der Waals surface area contributed by atoms with E-state index in [1.807, 2.05) is 6.07 Å². The molecular formula is C15H19N5. The average molecular weight is 269 g/mol. The molecule has 104 valence electrons. The summed E-state index contributed by atoms with van der Waals surface area (Å²) in [4.78, 5) is 11.3. The molecular weight excluding hydrogens is 250 g/mol. The van der Waals surface area contributed by atoms with Crippen LogP contribution in [-0.2, 0) is 12.8 Å². The summed E-state index contributed by atoms with van der Waals surface area (Å²) in [6.07, 6.45) is 2.93. The van der Waals surface area contributed by atoms with Crippen LogP contribution in [0.5, 0.6) is 0 Å². The second-order valence-corrected chi connectivity index (χ2v) is 4.95. The number of anilines is 3. The van der Waals surface area contributed by atoms with E-state index < -0.39 is 0 Å². The van der Waals surface area contributed by atoms with Gasteiger partial charge in [-0.25, -0.2) is 15.8 Å². The number of hydrazine groups is 1.